The lowest BCUT2D eigenvalue weighted by Crippen LogP contribution is -2.22. The second-order valence-corrected chi connectivity index (χ2v) is 5.67. The molecule has 0 saturated heterocycles. The van der Waals surface area contributed by atoms with Gasteiger partial charge in [-0.15, -0.1) is 0 Å². The molecule has 3 aromatic rings. The third-order valence-corrected chi connectivity index (χ3v) is 4.15. The van der Waals surface area contributed by atoms with E-state index >= 15 is 0 Å². The average molecular weight is 322 g/mol. The fourth-order valence-electron chi connectivity index (χ4n) is 2.93. The van der Waals surface area contributed by atoms with Gasteiger partial charge in [-0.05, 0) is 36.4 Å². The lowest BCUT2D eigenvalue weighted by molar-refractivity contribution is 0.0292. The minimum atomic E-state index is -0.552. The summed E-state index contributed by atoms with van der Waals surface area (Å²) in [5, 5.41) is 9.85. The average Bonchev–Trinajstić information content (AvgIpc) is 2.99. The van der Waals surface area contributed by atoms with Crippen LogP contribution in [0.25, 0.3) is 10.9 Å². The van der Waals surface area contributed by atoms with Crippen molar-refractivity contribution >= 4 is 16.9 Å². The van der Waals surface area contributed by atoms with Crippen LogP contribution in [0.15, 0.2) is 53.3 Å². The molecule has 4 rings (SSSR count). The fourth-order valence-corrected chi connectivity index (χ4v) is 2.93. The van der Waals surface area contributed by atoms with Gasteiger partial charge in [0.05, 0.1) is 16.5 Å². The Morgan fingerprint density at radius 3 is 2.71 bits per heavy atom. The number of para-hydroxylation sites is 1. The van der Waals surface area contributed by atoms with Gasteiger partial charge in [-0.2, -0.15) is 0 Å². The van der Waals surface area contributed by atoms with Crippen LogP contribution in [0.2, 0.25) is 0 Å². The molecular weight excluding hydrogens is 308 g/mol. The first-order valence-corrected chi connectivity index (χ1v) is 7.63. The number of carbonyl (C=O) groups excluding carboxylic acids is 1. The van der Waals surface area contributed by atoms with Crippen molar-refractivity contribution in [3.05, 3.63) is 70.3 Å². The van der Waals surface area contributed by atoms with Gasteiger partial charge in [0.15, 0.2) is 11.9 Å². The Bertz CT molecular complexity index is 992. The molecule has 0 saturated carbocycles. The number of hydrogen-bond acceptors (Lipinski definition) is 5. The van der Waals surface area contributed by atoms with Gasteiger partial charge >= 0.3 is 5.97 Å². The number of rotatable bonds is 2. The zero-order valence-corrected chi connectivity index (χ0v) is 12.7. The van der Waals surface area contributed by atoms with E-state index in [9.17, 15) is 14.7 Å². The number of aromatic nitrogens is 2. The van der Waals surface area contributed by atoms with E-state index in [-0.39, 0.29) is 11.3 Å². The summed E-state index contributed by atoms with van der Waals surface area (Å²) in [6.45, 7) is 0.472. The van der Waals surface area contributed by atoms with Gasteiger partial charge in [0.25, 0.3) is 5.56 Å². The predicted octanol–water partition coefficient (Wildman–Crippen LogP) is 2.40. The Hall–Kier alpha value is -3.15. The van der Waals surface area contributed by atoms with Gasteiger partial charge in [-0.1, -0.05) is 12.1 Å². The number of esters is 1. The van der Waals surface area contributed by atoms with Gasteiger partial charge in [-0.25, -0.2) is 9.78 Å². The first-order valence-electron chi connectivity index (χ1n) is 7.63. The summed E-state index contributed by atoms with van der Waals surface area (Å²) in [6, 6.07) is 13.0. The Kier molecular flexibility index (Phi) is 3.30. The molecule has 1 aliphatic rings. The van der Waals surface area contributed by atoms with Crippen LogP contribution in [0.1, 0.15) is 28.7 Å². The van der Waals surface area contributed by atoms with Gasteiger partial charge < -0.3 is 9.84 Å². The van der Waals surface area contributed by atoms with Gasteiger partial charge in [0.2, 0.25) is 0 Å². The third kappa shape index (κ3) is 2.32. The molecule has 0 bridgehead atoms. The third-order valence-electron chi connectivity index (χ3n) is 4.15. The molecule has 24 heavy (non-hydrogen) atoms. The van der Waals surface area contributed by atoms with E-state index in [1.807, 2.05) is 6.07 Å². The number of aromatic hydroxyl groups is 1. The van der Waals surface area contributed by atoms with Crippen molar-refractivity contribution in [3.8, 4) is 5.75 Å². The summed E-state index contributed by atoms with van der Waals surface area (Å²) in [4.78, 5) is 29.3. The standard InChI is InChI=1S/C18H14N2O4/c21-12-7-5-11(6-8-12)18(23)24-15-9-10-20-16(15)19-14-4-2-1-3-13(14)17(20)22/h1-8,15,21H,9-10H2/t15-/m1/s1. The Labute approximate surface area is 137 Å². The van der Waals surface area contributed by atoms with Crippen LogP contribution in [0, 0.1) is 0 Å². The predicted molar refractivity (Wildman–Crippen MR) is 86.9 cm³/mol. The van der Waals surface area contributed by atoms with Crippen molar-refractivity contribution in [3.63, 3.8) is 0 Å². The van der Waals surface area contributed by atoms with Crippen molar-refractivity contribution in [2.24, 2.45) is 0 Å². The smallest absolute Gasteiger partial charge is 0.338 e. The summed E-state index contributed by atoms with van der Waals surface area (Å²) in [5.74, 6) is 0.0548. The molecule has 1 aliphatic heterocycles. The summed E-state index contributed by atoms with van der Waals surface area (Å²) in [5.41, 5.74) is 0.828. The highest BCUT2D eigenvalue weighted by Crippen LogP contribution is 2.28. The first-order chi connectivity index (χ1) is 11.6. The van der Waals surface area contributed by atoms with E-state index in [2.05, 4.69) is 4.98 Å². The first kappa shape index (κ1) is 14.4. The molecule has 120 valence electrons. The van der Waals surface area contributed by atoms with E-state index in [0.717, 1.165) is 0 Å². The SMILES string of the molecule is O=C(O[C@@H]1CCn2c1nc1ccccc1c2=O)c1ccc(O)cc1. The van der Waals surface area contributed by atoms with Crippen LogP contribution >= 0.6 is 0 Å². The maximum absolute atomic E-state index is 12.5. The minimum absolute atomic E-state index is 0.0810. The molecule has 1 aromatic heterocycles. The number of hydrogen-bond donors (Lipinski definition) is 1. The second kappa shape index (κ2) is 5.49. The molecule has 0 amide bonds. The molecule has 6 heteroatoms. The van der Waals surface area contributed by atoms with Crippen LogP contribution in [0.4, 0.5) is 0 Å². The summed E-state index contributed by atoms with van der Waals surface area (Å²) >= 11 is 0. The van der Waals surface area contributed by atoms with Gasteiger partial charge in [0.1, 0.15) is 5.75 Å². The van der Waals surface area contributed by atoms with Gasteiger partial charge in [-0.3, -0.25) is 9.36 Å². The van der Waals surface area contributed by atoms with Crippen LogP contribution in [0.5, 0.6) is 5.75 Å². The highest BCUT2D eigenvalue weighted by molar-refractivity contribution is 5.89. The van der Waals surface area contributed by atoms with Crippen LogP contribution in [0.3, 0.4) is 0 Å². The molecule has 1 N–H and O–H groups in total. The maximum Gasteiger partial charge on any atom is 0.338 e. The fraction of sp³-hybridized carbons (Fsp3) is 0.167. The molecule has 0 radical (unpaired) electrons. The summed E-state index contributed by atoms with van der Waals surface area (Å²) in [6.07, 6.45) is -0.0360. The number of fused-ring (bicyclic) bond motifs is 2. The number of phenols is 1. The van der Waals surface area contributed by atoms with Crippen LogP contribution in [-0.2, 0) is 11.3 Å². The lowest BCUT2D eigenvalue weighted by Gasteiger charge is -2.12. The summed E-state index contributed by atoms with van der Waals surface area (Å²) < 4.78 is 7.09. The molecule has 0 fully saturated rings. The molecule has 0 spiro atoms. The van der Waals surface area contributed by atoms with Crippen molar-refractivity contribution in [1.29, 1.82) is 0 Å². The zero-order chi connectivity index (χ0) is 16.7. The monoisotopic (exact) mass is 322 g/mol. The number of carbonyl (C=O) groups is 1. The Balaban J connectivity index is 1.68. The molecule has 2 aromatic carbocycles. The van der Waals surface area contributed by atoms with E-state index in [4.69, 9.17) is 4.74 Å². The number of benzene rings is 2. The minimum Gasteiger partial charge on any atom is -0.508 e. The number of phenolic OH excluding ortho intramolecular Hbond substituents is 1. The quantitative estimate of drug-likeness (QED) is 0.733. The zero-order valence-electron chi connectivity index (χ0n) is 12.7. The highest BCUT2D eigenvalue weighted by atomic mass is 16.5. The van der Waals surface area contributed by atoms with Gasteiger partial charge in [0, 0.05) is 13.0 Å². The van der Waals surface area contributed by atoms with E-state index in [1.54, 1.807) is 22.8 Å². The molecule has 6 nitrogen and oxygen atoms in total. The normalized spacial score (nSPS) is 16.1. The van der Waals surface area contributed by atoms with Crippen molar-refractivity contribution in [2.45, 2.75) is 19.1 Å². The van der Waals surface area contributed by atoms with E-state index in [1.165, 1.54) is 24.3 Å². The Morgan fingerprint density at radius 2 is 1.92 bits per heavy atom. The molecular formula is C18H14N2O4. The second-order valence-electron chi connectivity index (χ2n) is 5.67. The summed E-state index contributed by atoms with van der Waals surface area (Å²) in [7, 11) is 0. The topological polar surface area (TPSA) is 81.4 Å². The van der Waals surface area contributed by atoms with E-state index < -0.39 is 12.1 Å². The molecule has 0 aliphatic carbocycles. The highest BCUT2D eigenvalue weighted by Gasteiger charge is 2.29. The largest absolute Gasteiger partial charge is 0.508 e. The maximum atomic E-state index is 12.5. The Morgan fingerprint density at radius 1 is 1.17 bits per heavy atom. The number of nitrogens with zero attached hydrogens (tertiary/aromatic N) is 2. The lowest BCUT2D eigenvalue weighted by atomic mass is 10.2. The van der Waals surface area contributed by atoms with Crippen LogP contribution < -0.4 is 5.56 Å². The molecule has 1 atom stereocenters. The van der Waals surface area contributed by atoms with E-state index in [0.29, 0.717) is 35.3 Å². The van der Waals surface area contributed by atoms with Crippen LogP contribution in [-0.4, -0.2) is 20.6 Å². The van der Waals surface area contributed by atoms with Crippen molar-refractivity contribution in [2.75, 3.05) is 0 Å². The van der Waals surface area contributed by atoms with Crippen molar-refractivity contribution in [1.82, 2.24) is 9.55 Å². The number of ether oxygens (including phenoxy) is 1. The van der Waals surface area contributed by atoms with Crippen molar-refractivity contribution < 1.29 is 14.6 Å². The molecule has 2 heterocycles. The molecule has 0 unspecified atom stereocenters.